The highest BCUT2D eigenvalue weighted by Crippen LogP contribution is 2.23. The summed E-state index contributed by atoms with van der Waals surface area (Å²) in [5.41, 5.74) is 6.20. The van der Waals surface area contributed by atoms with E-state index in [0.29, 0.717) is 5.69 Å². The summed E-state index contributed by atoms with van der Waals surface area (Å²) in [6, 6.07) is 4.81. The number of anilines is 2. The average Bonchev–Trinajstić information content (AvgIpc) is 2.68. The number of carbonyl (C=O) groups excluding carboxylic acids is 1. The normalized spacial score (nSPS) is 10.2. The number of nitrogens with two attached hydrogens (primary N) is 1. The zero-order valence-electron chi connectivity index (χ0n) is 8.88. The number of aryl methyl sites for hydroxylation is 1. The third-order valence-electron chi connectivity index (χ3n) is 2.01. The molecule has 3 N–H and O–H groups in total. The standard InChI is InChI=1S/C9H9ClN6O/c1-16-14-9(13-15-16)12-8(17)5-3-2-4-6(11)7(5)10/h2-4H,11H2,1H3,(H,12,14,17). The molecular weight excluding hydrogens is 244 g/mol. The summed E-state index contributed by atoms with van der Waals surface area (Å²) in [6.45, 7) is 0. The van der Waals surface area contributed by atoms with Gasteiger partial charge in [-0.15, -0.1) is 5.10 Å². The maximum atomic E-state index is 11.8. The van der Waals surface area contributed by atoms with Gasteiger partial charge in [-0.3, -0.25) is 10.1 Å². The van der Waals surface area contributed by atoms with Crippen LogP contribution in [0.5, 0.6) is 0 Å². The summed E-state index contributed by atoms with van der Waals surface area (Å²) >= 11 is 5.91. The van der Waals surface area contributed by atoms with E-state index in [-0.39, 0.29) is 16.5 Å². The molecule has 2 rings (SSSR count). The lowest BCUT2D eigenvalue weighted by molar-refractivity contribution is 0.102. The lowest BCUT2D eigenvalue weighted by atomic mass is 10.2. The molecule has 0 unspecified atom stereocenters. The number of carbonyl (C=O) groups is 1. The van der Waals surface area contributed by atoms with Gasteiger partial charge in [-0.1, -0.05) is 22.8 Å². The van der Waals surface area contributed by atoms with Crippen molar-refractivity contribution in [3.8, 4) is 0 Å². The van der Waals surface area contributed by atoms with Gasteiger partial charge < -0.3 is 5.73 Å². The summed E-state index contributed by atoms with van der Waals surface area (Å²) in [5.74, 6) is -0.328. The van der Waals surface area contributed by atoms with Crippen LogP contribution < -0.4 is 11.1 Å². The molecule has 0 bridgehead atoms. The van der Waals surface area contributed by atoms with Crippen molar-refractivity contribution >= 4 is 29.1 Å². The van der Waals surface area contributed by atoms with Crippen LogP contribution in [0.4, 0.5) is 11.6 Å². The summed E-state index contributed by atoms with van der Waals surface area (Å²) in [5, 5.41) is 13.7. The van der Waals surface area contributed by atoms with Crippen LogP contribution >= 0.6 is 11.6 Å². The number of tetrazole rings is 1. The molecule has 0 spiro atoms. The molecule has 0 radical (unpaired) electrons. The van der Waals surface area contributed by atoms with Gasteiger partial charge in [-0.05, 0) is 17.3 Å². The molecule has 0 fully saturated rings. The number of aromatic nitrogens is 4. The molecule has 8 heteroatoms. The van der Waals surface area contributed by atoms with E-state index in [1.807, 2.05) is 0 Å². The Morgan fingerprint density at radius 2 is 2.29 bits per heavy atom. The Labute approximate surface area is 102 Å². The molecule has 0 aliphatic carbocycles. The minimum absolute atomic E-state index is 0.107. The maximum Gasteiger partial charge on any atom is 0.270 e. The fourth-order valence-electron chi connectivity index (χ4n) is 1.23. The van der Waals surface area contributed by atoms with E-state index in [1.54, 1.807) is 25.2 Å². The number of benzene rings is 1. The Balaban J connectivity index is 2.23. The van der Waals surface area contributed by atoms with Gasteiger partial charge in [0, 0.05) is 0 Å². The van der Waals surface area contributed by atoms with Crippen LogP contribution in [0.15, 0.2) is 18.2 Å². The average molecular weight is 253 g/mol. The highest BCUT2D eigenvalue weighted by atomic mass is 35.5. The summed E-state index contributed by atoms with van der Waals surface area (Å²) in [4.78, 5) is 13.1. The van der Waals surface area contributed by atoms with Crippen molar-refractivity contribution in [3.05, 3.63) is 28.8 Å². The minimum Gasteiger partial charge on any atom is -0.398 e. The minimum atomic E-state index is -0.435. The van der Waals surface area contributed by atoms with Crippen LogP contribution in [0.2, 0.25) is 5.02 Å². The van der Waals surface area contributed by atoms with Crippen LogP contribution in [-0.4, -0.2) is 26.1 Å². The van der Waals surface area contributed by atoms with Crippen molar-refractivity contribution in [1.29, 1.82) is 0 Å². The Bertz CT molecular complexity index is 566. The van der Waals surface area contributed by atoms with E-state index in [0.717, 1.165) is 0 Å². The lowest BCUT2D eigenvalue weighted by Gasteiger charge is -2.04. The first kappa shape index (κ1) is 11.3. The van der Waals surface area contributed by atoms with Crippen molar-refractivity contribution in [2.24, 2.45) is 7.05 Å². The van der Waals surface area contributed by atoms with Gasteiger partial charge in [0.2, 0.25) is 0 Å². The van der Waals surface area contributed by atoms with Crippen LogP contribution in [-0.2, 0) is 7.05 Å². The molecule has 0 atom stereocenters. The lowest BCUT2D eigenvalue weighted by Crippen LogP contribution is -2.14. The van der Waals surface area contributed by atoms with Gasteiger partial charge >= 0.3 is 0 Å². The Kier molecular flexibility index (Phi) is 2.92. The van der Waals surface area contributed by atoms with Crippen molar-refractivity contribution in [2.45, 2.75) is 0 Å². The Hall–Kier alpha value is -2.15. The zero-order valence-corrected chi connectivity index (χ0v) is 9.64. The monoisotopic (exact) mass is 252 g/mol. The first-order valence-corrected chi connectivity index (χ1v) is 5.05. The third kappa shape index (κ3) is 2.34. The number of rotatable bonds is 2. The third-order valence-corrected chi connectivity index (χ3v) is 2.43. The van der Waals surface area contributed by atoms with Crippen LogP contribution in [0.3, 0.4) is 0 Å². The number of halogens is 1. The smallest absolute Gasteiger partial charge is 0.270 e. The first-order valence-electron chi connectivity index (χ1n) is 4.67. The molecule has 88 valence electrons. The van der Waals surface area contributed by atoms with Crippen LogP contribution in [0.25, 0.3) is 0 Å². The van der Waals surface area contributed by atoms with Gasteiger partial charge in [-0.2, -0.15) is 4.80 Å². The largest absolute Gasteiger partial charge is 0.398 e. The second kappa shape index (κ2) is 4.38. The molecule has 0 aliphatic rings. The summed E-state index contributed by atoms with van der Waals surface area (Å²) in [6.07, 6.45) is 0. The van der Waals surface area contributed by atoms with Crippen molar-refractivity contribution in [3.63, 3.8) is 0 Å². The number of hydrogen-bond acceptors (Lipinski definition) is 5. The topological polar surface area (TPSA) is 98.7 Å². The fourth-order valence-corrected chi connectivity index (χ4v) is 1.44. The number of nitrogens with zero attached hydrogens (tertiary/aromatic N) is 4. The Morgan fingerprint density at radius 1 is 1.53 bits per heavy atom. The fraction of sp³-hybridized carbons (Fsp3) is 0.111. The second-order valence-corrected chi connectivity index (χ2v) is 3.64. The van der Waals surface area contributed by atoms with Gasteiger partial charge in [-0.25, -0.2) is 0 Å². The quantitative estimate of drug-likeness (QED) is 0.767. The molecule has 7 nitrogen and oxygen atoms in total. The van der Waals surface area contributed by atoms with Gasteiger partial charge in [0.15, 0.2) is 0 Å². The molecule has 17 heavy (non-hydrogen) atoms. The summed E-state index contributed by atoms with van der Waals surface area (Å²) < 4.78 is 0. The van der Waals surface area contributed by atoms with Crippen LogP contribution in [0.1, 0.15) is 10.4 Å². The molecule has 2 aromatic rings. The summed E-state index contributed by atoms with van der Waals surface area (Å²) in [7, 11) is 1.59. The highest BCUT2D eigenvalue weighted by Gasteiger charge is 2.14. The molecule has 0 saturated carbocycles. The molecule has 1 heterocycles. The number of nitrogen functional groups attached to an aromatic ring is 1. The van der Waals surface area contributed by atoms with Gasteiger partial charge in [0.05, 0.1) is 23.3 Å². The number of hydrogen-bond donors (Lipinski definition) is 2. The molecule has 0 aliphatic heterocycles. The van der Waals surface area contributed by atoms with Crippen molar-refractivity contribution < 1.29 is 4.79 Å². The van der Waals surface area contributed by atoms with E-state index >= 15 is 0 Å². The van der Waals surface area contributed by atoms with Gasteiger partial charge in [0.25, 0.3) is 11.9 Å². The SMILES string of the molecule is Cn1nnc(NC(=O)c2cccc(N)c2Cl)n1. The van der Waals surface area contributed by atoms with E-state index < -0.39 is 5.91 Å². The second-order valence-electron chi connectivity index (χ2n) is 3.27. The first-order chi connectivity index (χ1) is 8.08. The molecule has 1 aromatic carbocycles. The predicted octanol–water partition coefficient (Wildman–Crippen LogP) is 0.698. The van der Waals surface area contributed by atoms with E-state index in [1.165, 1.54) is 4.80 Å². The van der Waals surface area contributed by atoms with Crippen molar-refractivity contribution in [1.82, 2.24) is 20.2 Å². The van der Waals surface area contributed by atoms with E-state index in [4.69, 9.17) is 17.3 Å². The Morgan fingerprint density at radius 3 is 2.94 bits per heavy atom. The molecular formula is C9H9ClN6O. The highest BCUT2D eigenvalue weighted by molar-refractivity contribution is 6.36. The molecule has 0 saturated heterocycles. The number of amides is 1. The number of nitrogens with one attached hydrogen (secondary N) is 1. The predicted molar refractivity (Wildman–Crippen MR) is 62.6 cm³/mol. The zero-order chi connectivity index (χ0) is 12.4. The van der Waals surface area contributed by atoms with Gasteiger partial charge in [0.1, 0.15) is 0 Å². The maximum absolute atomic E-state index is 11.8. The van der Waals surface area contributed by atoms with E-state index in [9.17, 15) is 4.79 Å². The van der Waals surface area contributed by atoms with E-state index in [2.05, 4.69) is 20.7 Å². The van der Waals surface area contributed by atoms with Crippen molar-refractivity contribution in [2.75, 3.05) is 11.1 Å². The molecule has 1 amide bonds. The van der Waals surface area contributed by atoms with Crippen LogP contribution in [0, 0.1) is 0 Å². The molecule has 1 aromatic heterocycles.